The van der Waals surface area contributed by atoms with E-state index in [2.05, 4.69) is 13.8 Å². The van der Waals surface area contributed by atoms with E-state index in [9.17, 15) is 4.79 Å². The lowest BCUT2D eigenvalue weighted by Gasteiger charge is -2.54. The van der Waals surface area contributed by atoms with Gasteiger partial charge in [0, 0.05) is 25.3 Å². The highest BCUT2D eigenvalue weighted by atomic mass is 32.2. The summed E-state index contributed by atoms with van der Waals surface area (Å²) in [6.07, 6.45) is 0. The third-order valence-electron chi connectivity index (χ3n) is 3.20. The minimum atomic E-state index is -0.432. The van der Waals surface area contributed by atoms with E-state index in [0.29, 0.717) is 5.11 Å². The Morgan fingerprint density at radius 1 is 1.43 bits per heavy atom. The molecule has 3 nitrogen and oxygen atoms in total. The molecule has 0 aromatic heterocycles. The Labute approximate surface area is 93.8 Å². The lowest BCUT2D eigenvalue weighted by molar-refractivity contribution is -0.132. The molecule has 0 aliphatic carbocycles. The van der Waals surface area contributed by atoms with E-state index in [0.717, 1.165) is 5.75 Å². The van der Waals surface area contributed by atoms with Gasteiger partial charge in [0.25, 0.3) is 5.91 Å². The summed E-state index contributed by atoms with van der Waals surface area (Å²) >= 11 is 6.90. The van der Waals surface area contributed by atoms with Crippen LogP contribution in [0.3, 0.4) is 0 Å². The van der Waals surface area contributed by atoms with E-state index in [1.54, 1.807) is 23.7 Å². The van der Waals surface area contributed by atoms with E-state index < -0.39 is 4.87 Å². The molecule has 2 saturated heterocycles. The molecule has 2 heterocycles. The number of carbonyl (C=O) groups excluding carboxylic acids is 1. The fourth-order valence-electron chi connectivity index (χ4n) is 2.22. The van der Waals surface area contributed by atoms with Crippen LogP contribution < -0.4 is 0 Å². The van der Waals surface area contributed by atoms with Gasteiger partial charge in [0.1, 0.15) is 0 Å². The number of rotatable bonds is 0. The van der Waals surface area contributed by atoms with Crippen LogP contribution in [-0.2, 0) is 4.79 Å². The van der Waals surface area contributed by atoms with Crippen molar-refractivity contribution in [1.29, 1.82) is 0 Å². The van der Waals surface area contributed by atoms with E-state index in [1.807, 2.05) is 11.9 Å². The second-order valence-corrected chi connectivity index (χ2v) is 6.06. The fraction of sp³-hybridized carbons (Fsp3) is 0.778. The van der Waals surface area contributed by atoms with Crippen LogP contribution in [0.1, 0.15) is 13.8 Å². The summed E-state index contributed by atoms with van der Waals surface area (Å²) in [4.78, 5) is 15.2. The number of amides is 1. The van der Waals surface area contributed by atoms with Crippen molar-refractivity contribution in [2.45, 2.75) is 18.7 Å². The summed E-state index contributed by atoms with van der Waals surface area (Å²) in [6.45, 7) is 4.25. The second kappa shape index (κ2) is 2.64. The van der Waals surface area contributed by atoms with Crippen LogP contribution in [0.5, 0.6) is 0 Å². The molecule has 78 valence electrons. The summed E-state index contributed by atoms with van der Waals surface area (Å²) in [7, 11) is 3.67. The third kappa shape index (κ3) is 0.852. The number of carbonyl (C=O) groups is 1. The second-order valence-electron chi connectivity index (χ2n) is 4.52. The summed E-state index contributed by atoms with van der Waals surface area (Å²) < 4.78 is 0. The number of hydrogen-bond donors (Lipinski definition) is 0. The van der Waals surface area contributed by atoms with Gasteiger partial charge in [0.05, 0.1) is 0 Å². The first-order valence-corrected chi connectivity index (χ1v) is 5.94. The average Bonchev–Trinajstić information content (AvgIpc) is 2.29. The van der Waals surface area contributed by atoms with Crippen molar-refractivity contribution in [3.63, 3.8) is 0 Å². The Hall–Kier alpha value is -0.290. The number of thioether (sulfide) groups is 1. The SMILES string of the molecule is CN1C(=O)C2(SCC2(C)C)N(C)C1=S. The van der Waals surface area contributed by atoms with Crippen molar-refractivity contribution in [3.8, 4) is 0 Å². The van der Waals surface area contributed by atoms with Crippen LogP contribution in [-0.4, -0.2) is 45.5 Å². The minimum absolute atomic E-state index is 0.0122. The molecule has 1 spiro atoms. The first-order valence-electron chi connectivity index (χ1n) is 4.54. The molecule has 0 aromatic carbocycles. The molecule has 2 fully saturated rings. The summed E-state index contributed by atoms with van der Waals surface area (Å²) in [5.74, 6) is 1.14. The van der Waals surface area contributed by atoms with Crippen LogP contribution in [0.25, 0.3) is 0 Å². The van der Waals surface area contributed by atoms with E-state index in [1.165, 1.54) is 0 Å². The molecule has 0 radical (unpaired) electrons. The maximum Gasteiger partial charge on any atom is 0.265 e. The molecule has 0 bridgehead atoms. The molecular formula is C9H14N2OS2. The Kier molecular flexibility index (Phi) is 1.93. The topological polar surface area (TPSA) is 23.6 Å². The van der Waals surface area contributed by atoms with Crippen molar-refractivity contribution >= 4 is 35.0 Å². The smallest absolute Gasteiger partial charge is 0.265 e. The van der Waals surface area contributed by atoms with Gasteiger partial charge >= 0.3 is 0 Å². The third-order valence-corrected chi connectivity index (χ3v) is 6.03. The zero-order chi connectivity index (χ0) is 10.7. The molecule has 2 rings (SSSR count). The lowest BCUT2D eigenvalue weighted by Crippen LogP contribution is -2.63. The lowest BCUT2D eigenvalue weighted by atomic mass is 9.83. The Bertz CT molecular complexity index is 329. The summed E-state index contributed by atoms with van der Waals surface area (Å²) in [5, 5.41) is 0.635. The van der Waals surface area contributed by atoms with Crippen molar-refractivity contribution < 1.29 is 4.79 Å². The van der Waals surface area contributed by atoms with E-state index >= 15 is 0 Å². The molecule has 0 N–H and O–H groups in total. The van der Waals surface area contributed by atoms with Crippen LogP contribution in [0.15, 0.2) is 0 Å². The highest BCUT2D eigenvalue weighted by Crippen LogP contribution is 2.59. The average molecular weight is 230 g/mol. The number of nitrogens with zero attached hydrogens (tertiary/aromatic N) is 2. The van der Waals surface area contributed by atoms with Gasteiger partial charge in [-0.25, -0.2) is 0 Å². The number of likely N-dealkylation sites (N-methyl/N-ethyl adjacent to an activating group) is 2. The maximum atomic E-state index is 12.1. The maximum absolute atomic E-state index is 12.1. The highest BCUT2D eigenvalue weighted by molar-refractivity contribution is 8.03. The van der Waals surface area contributed by atoms with Gasteiger partial charge in [0.2, 0.25) is 0 Å². The molecule has 1 amide bonds. The van der Waals surface area contributed by atoms with Gasteiger partial charge in [-0.3, -0.25) is 9.69 Å². The highest BCUT2D eigenvalue weighted by Gasteiger charge is 2.67. The van der Waals surface area contributed by atoms with Crippen LogP contribution in [0.4, 0.5) is 0 Å². The van der Waals surface area contributed by atoms with Crippen LogP contribution >= 0.6 is 24.0 Å². The van der Waals surface area contributed by atoms with Gasteiger partial charge < -0.3 is 4.90 Å². The Balaban J connectivity index is 2.47. The van der Waals surface area contributed by atoms with E-state index in [4.69, 9.17) is 12.2 Å². The molecule has 1 atom stereocenters. The van der Waals surface area contributed by atoms with Gasteiger partial charge in [-0.15, -0.1) is 11.8 Å². The molecule has 14 heavy (non-hydrogen) atoms. The van der Waals surface area contributed by atoms with Gasteiger partial charge in [-0.2, -0.15) is 0 Å². The van der Waals surface area contributed by atoms with Crippen LogP contribution in [0.2, 0.25) is 0 Å². The van der Waals surface area contributed by atoms with Gasteiger partial charge in [-0.1, -0.05) is 13.8 Å². The minimum Gasteiger partial charge on any atom is -0.328 e. The fourth-order valence-corrected chi connectivity index (χ4v) is 4.03. The Morgan fingerprint density at radius 3 is 2.14 bits per heavy atom. The van der Waals surface area contributed by atoms with Gasteiger partial charge in [0.15, 0.2) is 9.98 Å². The standard InChI is InChI=1S/C9H14N2OS2/c1-8(2)5-14-9(8)6(12)10(3)7(13)11(9)4/h5H2,1-4H3. The van der Waals surface area contributed by atoms with Crippen molar-refractivity contribution in [2.75, 3.05) is 19.8 Å². The number of thiocarbonyl (C=S) groups is 1. The first-order chi connectivity index (χ1) is 6.34. The van der Waals surface area contributed by atoms with Crippen molar-refractivity contribution in [2.24, 2.45) is 5.41 Å². The summed E-state index contributed by atoms with van der Waals surface area (Å²) in [5.41, 5.74) is 0.0122. The molecule has 2 aliphatic heterocycles. The largest absolute Gasteiger partial charge is 0.328 e. The number of hydrogen-bond acceptors (Lipinski definition) is 3. The quantitative estimate of drug-likeness (QED) is 0.582. The molecule has 0 aromatic rings. The molecule has 5 heteroatoms. The molecular weight excluding hydrogens is 216 g/mol. The molecule has 2 aliphatic rings. The zero-order valence-electron chi connectivity index (χ0n) is 8.83. The molecule has 0 saturated carbocycles. The first kappa shape index (κ1) is 10.2. The van der Waals surface area contributed by atoms with Crippen molar-refractivity contribution in [1.82, 2.24) is 9.80 Å². The van der Waals surface area contributed by atoms with Crippen molar-refractivity contribution in [3.05, 3.63) is 0 Å². The predicted octanol–water partition coefficient (Wildman–Crippen LogP) is 1.14. The molecule has 1 unspecified atom stereocenters. The predicted molar refractivity (Wildman–Crippen MR) is 62.1 cm³/mol. The van der Waals surface area contributed by atoms with Crippen LogP contribution in [0, 0.1) is 5.41 Å². The monoisotopic (exact) mass is 230 g/mol. The summed E-state index contributed by atoms with van der Waals surface area (Å²) in [6, 6.07) is 0. The van der Waals surface area contributed by atoms with Gasteiger partial charge in [-0.05, 0) is 12.2 Å². The van der Waals surface area contributed by atoms with E-state index in [-0.39, 0.29) is 11.3 Å². The Morgan fingerprint density at radius 2 is 2.00 bits per heavy atom. The normalized spacial score (nSPS) is 35.4. The zero-order valence-corrected chi connectivity index (χ0v) is 10.5.